The number of primary amides is 1. The molecular formula is C12H17N3O3. The highest BCUT2D eigenvalue weighted by Crippen LogP contribution is 2.26. The molecule has 0 aromatic heterocycles. The standard InChI is InChI=1S/C12H17N3O3/c1-3-9(4-2)14-10-7-8(12(13)16)5-6-11(10)15(17)18/h5-7,9,14H,3-4H2,1-2H3,(H2,13,16). The van der Waals surface area contributed by atoms with Gasteiger partial charge in [0, 0.05) is 17.7 Å². The van der Waals surface area contributed by atoms with Crippen molar-refractivity contribution in [2.24, 2.45) is 5.73 Å². The van der Waals surface area contributed by atoms with Crippen molar-refractivity contribution in [2.75, 3.05) is 5.32 Å². The number of rotatable bonds is 6. The molecule has 0 fully saturated rings. The molecular weight excluding hydrogens is 234 g/mol. The van der Waals surface area contributed by atoms with E-state index in [0.29, 0.717) is 5.69 Å². The average molecular weight is 251 g/mol. The predicted octanol–water partition coefficient (Wildman–Crippen LogP) is 2.29. The Labute approximate surface area is 105 Å². The summed E-state index contributed by atoms with van der Waals surface area (Å²) in [4.78, 5) is 21.5. The summed E-state index contributed by atoms with van der Waals surface area (Å²) in [5.74, 6) is -0.600. The van der Waals surface area contributed by atoms with Crippen molar-refractivity contribution in [3.63, 3.8) is 0 Å². The van der Waals surface area contributed by atoms with Crippen LogP contribution in [0, 0.1) is 10.1 Å². The van der Waals surface area contributed by atoms with Gasteiger partial charge in [-0.3, -0.25) is 14.9 Å². The molecule has 1 amide bonds. The second-order valence-corrected chi connectivity index (χ2v) is 4.01. The normalized spacial score (nSPS) is 10.4. The van der Waals surface area contributed by atoms with Crippen LogP contribution in [0.25, 0.3) is 0 Å². The predicted molar refractivity (Wildman–Crippen MR) is 69.6 cm³/mol. The Morgan fingerprint density at radius 2 is 2.06 bits per heavy atom. The van der Waals surface area contributed by atoms with Gasteiger partial charge in [-0.2, -0.15) is 0 Å². The van der Waals surface area contributed by atoms with Crippen molar-refractivity contribution in [1.82, 2.24) is 0 Å². The maximum atomic E-state index is 11.1. The number of nitrogens with one attached hydrogen (secondary N) is 1. The molecule has 0 aliphatic heterocycles. The largest absolute Gasteiger partial charge is 0.377 e. The van der Waals surface area contributed by atoms with Crippen LogP contribution in [-0.2, 0) is 0 Å². The lowest BCUT2D eigenvalue weighted by Crippen LogP contribution is -2.19. The van der Waals surface area contributed by atoms with Crippen LogP contribution in [0.4, 0.5) is 11.4 Å². The summed E-state index contributed by atoms with van der Waals surface area (Å²) in [7, 11) is 0. The smallest absolute Gasteiger partial charge is 0.292 e. The van der Waals surface area contributed by atoms with Gasteiger partial charge < -0.3 is 11.1 Å². The first-order valence-electron chi connectivity index (χ1n) is 5.84. The first-order valence-corrected chi connectivity index (χ1v) is 5.84. The molecule has 18 heavy (non-hydrogen) atoms. The number of anilines is 1. The lowest BCUT2D eigenvalue weighted by atomic mass is 10.1. The van der Waals surface area contributed by atoms with Gasteiger partial charge in [-0.05, 0) is 25.0 Å². The fraction of sp³-hybridized carbons (Fsp3) is 0.417. The molecule has 0 bridgehead atoms. The van der Waals surface area contributed by atoms with Crippen LogP contribution in [-0.4, -0.2) is 16.9 Å². The number of nitrogens with zero attached hydrogens (tertiary/aromatic N) is 1. The summed E-state index contributed by atoms with van der Waals surface area (Å²) >= 11 is 0. The van der Waals surface area contributed by atoms with Gasteiger partial charge in [-0.1, -0.05) is 13.8 Å². The Bertz CT molecular complexity index is 456. The van der Waals surface area contributed by atoms with Crippen LogP contribution in [0.1, 0.15) is 37.0 Å². The molecule has 0 aliphatic carbocycles. The van der Waals surface area contributed by atoms with Crippen molar-refractivity contribution in [3.8, 4) is 0 Å². The molecule has 0 saturated heterocycles. The van der Waals surface area contributed by atoms with E-state index in [1.54, 1.807) is 0 Å². The fourth-order valence-electron chi connectivity index (χ4n) is 1.68. The minimum atomic E-state index is -0.600. The van der Waals surface area contributed by atoms with Gasteiger partial charge in [0.05, 0.1) is 4.92 Å². The number of hydrogen-bond donors (Lipinski definition) is 2. The number of amides is 1. The van der Waals surface area contributed by atoms with Crippen LogP contribution in [0.5, 0.6) is 0 Å². The highest BCUT2D eigenvalue weighted by molar-refractivity contribution is 5.94. The third-order valence-electron chi connectivity index (χ3n) is 2.82. The molecule has 0 unspecified atom stereocenters. The lowest BCUT2D eigenvalue weighted by molar-refractivity contribution is -0.384. The summed E-state index contributed by atoms with van der Waals surface area (Å²) in [5.41, 5.74) is 5.72. The van der Waals surface area contributed by atoms with Crippen molar-refractivity contribution >= 4 is 17.3 Å². The van der Waals surface area contributed by atoms with Crippen molar-refractivity contribution < 1.29 is 9.72 Å². The number of nitrogens with two attached hydrogens (primary N) is 1. The van der Waals surface area contributed by atoms with Crippen molar-refractivity contribution in [1.29, 1.82) is 0 Å². The van der Waals surface area contributed by atoms with Crippen molar-refractivity contribution in [2.45, 2.75) is 32.7 Å². The zero-order valence-corrected chi connectivity index (χ0v) is 10.5. The van der Waals surface area contributed by atoms with E-state index >= 15 is 0 Å². The number of nitro groups is 1. The second-order valence-electron chi connectivity index (χ2n) is 4.01. The Balaban J connectivity index is 3.14. The van der Waals surface area contributed by atoms with E-state index in [9.17, 15) is 14.9 Å². The fourth-order valence-corrected chi connectivity index (χ4v) is 1.68. The first kappa shape index (κ1) is 14.0. The molecule has 0 radical (unpaired) electrons. The highest BCUT2D eigenvalue weighted by Gasteiger charge is 2.17. The van der Waals surface area contributed by atoms with E-state index in [1.807, 2.05) is 13.8 Å². The number of carbonyl (C=O) groups is 1. The summed E-state index contributed by atoms with van der Waals surface area (Å²) in [5, 5.41) is 14.0. The van der Waals surface area contributed by atoms with E-state index in [0.717, 1.165) is 12.8 Å². The van der Waals surface area contributed by atoms with Gasteiger partial charge in [0.25, 0.3) is 5.69 Å². The Hall–Kier alpha value is -2.11. The molecule has 0 aliphatic rings. The van der Waals surface area contributed by atoms with E-state index in [4.69, 9.17) is 5.73 Å². The zero-order chi connectivity index (χ0) is 13.7. The number of benzene rings is 1. The van der Waals surface area contributed by atoms with Gasteiger partial charge in [-0.25, -0.2) is 0 Å². The molecule has 1 rings (SSSR count). The third kappa shape index (κ3) is 3.19. The third-order valence-corrected chi connectivity index (χ3v) is 2.82. The van der Waals surface area contributed by atoms with Gasteiger partial charge in [-0.15, -0.1) is 0 Å². The molecule has 1 aromatic carbocycles. The molecule has 0 saturated carbocycles. The maximum absolute atomic E-state index is 11.1. The van der Waals surface area contributed by atoms with Gasteiger partial charge in [0.15, 0.2) is 0 Å². The zero-order valence-electron chi connectivity index (χ0n) is 10.5. The number of carbonyl (C=O) groups excluding carboxylic acids is 1. The summed E-state index contributed by atoms with van der Waals surface area (Å²) < 4.78 is 0. The van der Waals surface area contributed by atoms with Crippen LogP contribution in [0.15, 0.2) is 18.2 Å². The average Bonchev–Trinajstić information content (AvgIpc) is 2.35. The van der Waals surface area contributed by atoms with E-state index in [1.165, 1.54) is 18.2 Å². The van der Waals surface area contributed by atoms with E-state index < -0.39 is 10.8 Å². The topological polar surface area (TPSA) is 98.3 Å². The van der Waals surface area contributed by atoms with Gasteiger partial charge in [0.1, 0.15) is 5.69 Å². The molecule has 1 aromatic rings. The Morgan fingerprint density at radius 1 is 1.44 bits per heavy atom. The summed E-state index contributed by atoms with van der Waals surface area (Å²) in [6, 6.07) is 4.22. The minimum Gasteiger partial charge on any atom is -0.377 e. The quantitative estimate of drug-likeness (QED) is 0.598. The monoisotopic (exact) mass is 251 g/mol. The van der Waals surface area contributed by atoms with Crippen LogP contribution >= 0.6 is 0 Å². The Kier molecular flexibility index (Phi) is 4.65. The summed E-state index contributed by atoms with van der Waals surface area (Å²) in [6.45, 7) is 3.98. The molecule has 0 atom stereocenters. The maximum Gasteiger partial charge on any atom is 0.292 e. The first-order chi connectivity index (χ1) is 8.49. The van der Waals surface area contributed by atoms with E-state index in [2.05, 4.69) is 5.32 Å². The molecule has 0 spiro atoms. The molecule has 3 N–H and O–H groups in total. The Morgan fingerprint density at radius 3 is 2.50 bits per heavy atom. The van der Waals surface area contributed by atoms with Crippen molar-refractivity contribution in [3.05, 3.63) is 33.9 Å². The lowest BCUT2D eigenvalue weighted by Gasteiger charge is -2.16. The highest BCUT2D eigenvalue weighted by atomic mass is 16.6. The molecule has 0 heterocycles. The minimum absolute atomic E-state index is 0.0492. The molecule has 6 nitrogen and oxygen atoms in total. The second kappa shape index (κ2) is 6.00. The van der Waals surface area contributed by atoms with Gasteiger partial charge >= 0.3 is 0 Å². The van der Waals surface area contributed by atoms with Crippen LogP contribution in [0.3, 0.4) is 0 Å². The van der Waals surface area contributed by atoms with Crippen LogP contribution < -0.4 is 11.1 Å². The summed E-state index contributed by atoms with van der Waals surface area (Å²) in [6.07, 6.45) is 1.68. The molecule has 6 heteroatoms. The SMILES string of the molecule is CCC(CC)Nc1cc(C(N)=O)ccc1[N+](=O)[O-]. The van der Waals surface area contributed by atoms with E-state index in [-0.39, 0.29) is 17.3 Å². The van der Waals surface area contributed by atoms with Gasteiger partial charge in [0.2, 0.25) is 5.91 Å². The molecule has 98 valence electrons. The number of nitro benzene ring substituents is 1. The number of hydrogen-bond acceptors (Lipinski definition) is 4. The van der Waals surface area contributed by atoms with Crippen LogP contribution in [0.2, 0.25) is 0 Å².